The van der Waals surface area contributed by atoms with E-state index in [0.717, 1.165) is 18.0 Å². The lowest BCUT2D eigenvalue weighted by atomic mass is 10.2. The molecule has 2 aromatic rings. The fourth-order valence-electron chi connectivity index (χ4n) is 2.24. The van der Waals surface area contributed by atoms with Gasteiger partial charge in [-0.25, -0.2) is 4.68 Å². The van der Waals surface area contributed by atoms with E-state index in [-0.39, 0.29) is 24.0 Å². The molecule has 0 spiro atoms. The molecule has 1 aliphatic rings. The fourth-order valence-corrected chi connectivity index (χ4v) is 3.15. The standard InChI is InChI=1S/C16H14N6O6S/c23-14(24)5-13-15(25)19-16(29-13)20-17-6-10-2-1-3-12(4-10)28-9-21-8-11(7-18-21)22(26)27/h1-4,6-8,13H,5,9H2,(H,23,24)(H,19,20,25). The number of carbonyl (C=O) groups is 2. The van der Waals surface area contributed by atoms with Gasteiger partial charge in [0, 0.05) is 0 Å². The molecule has 0 radical (unpaired) electrons. The number of nitrogens with one attached hydrogen (secondary N) is 1. The molecule has 1 fully saturated rings. The van der Waals surface area contributed by atoms with Gasteiger partial charge in [-0.15, -0.1) is 5.10 Å². The van der Waals surface area contributed by atoms with Gasteiger partial charge in [0.1, 0.15) is 23.4 Å². The number of carbonyl (C=O) groups excluding carboxylic acids is 1. The summed E-state index contributed by atoms with van der Waals surface area (Å²) in [6.07, 6.45) is 3.53. The quantitative estimate of drug-likeness (QED) is 0.367. The molecular weight excluding hydrogens is 404 g/mol. The maximum Gasteiger partial charge on any atom is 0.307 e. The van der Waals surface area contributed by atoms with Crippen molar-refractivity contribution in [1.82, 2.24) is 15.1 Å². The minimum atomic E-state index is -1.07. The second-order valence-electron chi connectivity index (χ2n) is 5.68. The second kappa shape index (κ2) is 8.97. The summed E-state index contributed by atoms with van der Waals surface area (Å²) in [5.41, 5.74) is 0.533. The summed E-state index contributed by atoms with van der Waals surface area (Å²) in [5.74, 6) is -0.991. The van der Waals surface area contributed by atoms with Crippen LogP contribution >= 0.6 is 11.8 Å². The SMILES string of the molecule is O=C(O)CC1SC(=NN=Cc2cccc(OCn3cc([N+](=O)[O-])cn3)c2)NC1=O. The van der Waals surface area contributed by atoms with Gasteiger partial charge in [-0.05, 0) is 17.7 Å². The lowest BCUT2D eigenvalue weighted by Gasteiger charge is -2.06. The molecule has 1 aromatic heterocycles. The Morgan fingerprint density at radius 2 is 2.34 bits per heavy atom. The lowest BCUT2D eigenvalue weighted by molar-refractivity contribution is -0.385. The summed E-state index contributed by atoms with van der Waals surface area (Å²) in [4.78, 5) is 32.4. The highest BCUT2D eigenvalue weighted by molar-refractivity contribution is 8.15. The summed E-state index contributed by atoms with van der Waals surface area (Å²) in [6.45, 7) is -0.00955. The van der Waals surface area contributed by atoms with Crippen LogP contribution in [0.15, 0.2) is 46.9 Å². The zero-order valence-corrected chi connectivity index (χ0v) is 15.5. The molecule has 0 bridgehead atoms. The smallest absolute Gasteiger partial charge is 0.307 e. The molecule has 1 amide bonds. The maximum atomic E-state index is 11.6. The molecule has 1 aromatic carbocycles. The number of amidine groups is 1. The van der Waals surface area contributed by atoms with Crippen molar-refractivity contribution < 1.29 is 24.4 Å². The average molecular weight is 418 g/mol. The van der Waals surface area contributed by atoms with Gasteiger partial charge >= 0.3 is 11.7 Å². The zero-order chi connectivity index (χ0) is 20.8. The molecular formula is C16H14N6O6S. The summed E-state index contributed by atoms with van der Waals surface area (Å²) in [7, 11) is 0. The number of benzene rings is 1. The number of aromatic nitrogens is 2. The molecule has 1 aliphatic heterocycles. The van der Waals surface area contributed by atoms with Crippen LogP contribution in [0.4, 0.5) is 5.69 Å². The van der Waals surface area contributed by atoms with Crippen molar-refractivity contribution in [3.63, 3.8) is 0 Å². The largest absolute Gasteiger partial charge is 0.481 e. The predicted molar refractivity (Wildman–Crippen MR) is 103 cm³/mol. The normalized spacial score (nSPS) is 17.6. The Hall–Kier alpha value is -3.74. The van der Waals surface area contributed by atoms with Crippen LogP contribution in [-0.4, -0.2) is 48.3 Å². The van der Waals surface area contributed by atoms with E-state index in [1.807, 2.05) is 0 Å². The summed E-state index contributed by atoms with van der Waals surface area (Å²) in [6, 6.07) is 6.85. The van der Waals surface area contributed by atoms with E-state index in [1.54, 1.807) is 24.3 Å². The van der Waals surface area contributed by atoms with E-state index in [9.17, 15) is 19.7 Å². The minimum Gasteiger partial charge on any atom is -0.481 e. The number of nitro groups is 1. The maximum absolute atomic E-state index is 11.6. The van der Waals surface area contributed by atoms with Gasteiger partial charge in [0.25, 0.3) is 0 Å². The topological polar surface area (TPSA) is 161 Å². The number of hydrogen-bond donors (Lipinski definition) is 2. The van der Waals surface area contributed by atoms with E-state index in [1.165, 1.54) is 17.1 Å². The van der Waals surface area contributed by atoms with Gasteiger partial charge < -0.3 is 15.2 Å². The summed E-state index contributed by atoms with van der Waals surface area (Å²) < 4.78 is 6.82. The van der Waals surface area contributed by atoms with Gasteiger partial charge in [0.05, 0.1) is 17.6 Å². The Balaban J connectivity index is 1.57. The molecule has 2 N–H and O–H groups in total. The highest BCUT2D eigenvalue weighted by atomic mass is 32.2. The summed E-state index contributed by atoms with van der Waals surface area (Å²) in [5, 5.41) is 33.0. The van der Waals surface area contributed by atoms with Crippen molar-refractivity contribution in [3.8, 4) is 5.75 Å². The number of carboxylic acid groups (broad SMARTS) is 1. The monoisotopic (exact) mass is 418 g/mol. The molecule has 12 nitrogen and oxygen atoms in total. The molecule has 3 rings (SSSR count). The van der Waals surface area contributed by atoms with Crippen molar-refractivity contribution >= 4 is 40.7 Å². The molecule has 1 unspecified atom stereocenters. The molecule has 150 valence electrons. The number of ether oxygens (including phenoxy) is 1. The van der Waals surface area contributed by atoms with Gasteiger partial charge in [-0.3, -0.25) is 19.7 Å². The van der Waals surface area contributed by atoms with E-state index < -0.39 is 22.0 Å². The predicted octanol–water partition coefficient (Wildman–Crippen LogP) is 1.22. The third-order valence-corrected chi connectivity index (χ3v) is 4.62. The number of amides is 1. The van der Waals surface area contributed by atoms with Crippen molar-refractivity contribution in [2.45, 2.75) is 18.4 Å². The Labute approximate surface area is 167 Å². The first kappa shape index (κ1) is 20.0. The third-order valence-electron chi connectivity index (χ3n) is 3.54. The number of carboxylic acids is 1. The Bertz CT molecular complexity index is 1000. The zero-order valence-electron chi connectivity index (χ0n) is 14.7. The van der Waals surface area contributed by atoms with Gasteiger partial charge in [-0.1, -0.05) is 23.9 Å². The van der Waals surface area contributed by atoms with Crippen LogP contribution in [0.2, 0.25) is 0 Å². The van der Waals surface area contributed by atoms with Crippen LogP contribution in [0.5, 0.6) is 5.75 Å². The number of rotatable bonds is 8. The van der Waals surface area contributed by atoms with Crippen molar-refractivity contribution in [3.05, 3.63) is 52.3 Å². The molecule has 0 saturated carbocycles. The highest BCUT2D eigenvalue weighted by Gasteiger charge is 2.32. The lowest BCUT2D eigenvalue weighted by Crippen LogP contribution is -2.26. The Morgan fingerprint density at radius 3 is 3.07 bits per heavy atom. The minimum absolute atomic E-state index is 0.00955. The summed E-state index contributed by atoms with van der Waals surface area (Å²) >= 11 is 1.01. The van der Waals surface area contributed by atoms with Crippen molar-refractivity contribution in [2.24, 2.45) is 10.2 Å². The van der Waals surface area contributed by atoms with Gasteiger partial charge in [-0.2, -0.15) is 10.2 Å². The number of hydrogen-bond acceptors (Lipinski definition) is 9. The molecule has 0 aliphatic carbocycles. The molecule has 29 heavy (non-hydrogen) atoms. The van der Waals surface area contributed by atoms with Crippen molar-refractivity contribution in [1.29, 1.82) is 0 Å². The highest BCUT2D eigenvalue weighted by Crippen LogP contribution is 2.22. The first-order chi connectivity index (χ1) is 13.9. The number of thioether (sulfide) groups is 1. The van der Waals surface area contributed by atoms with E-state index >= 15 is 0 Å². The number of nitrogens with zero attached hydrogens (tertiary/aromatic N) is 5. The van der Waals surface area contributed by atoms with Crippen LogP contribution in [-0.2, 0) is 16.3 Å². The molecule has 2 heterocycles. The van der Waals surface area contributed by atoms with Crippen LogP contribution in [0.1, 0.15) is 12.0 Å². The molecule has 1 atom stereocenters. The number of aliphatic carboxylic acids is 1. The molecule has 13 heteroatoms. The van der Waals surface area contributed by atoms with Gasteiger partial charge in [0.15, 0.2) is 11.9 Å². The van der Waals surface area contributed by atoms with E-state index in [2.05, 4.69) is 20.6 Å². The van der Waals surface area contributed by atoms with E-state index in [4.69, 9.17) is 9.84 Å². The first-order valence-electron chi connectivity index (χ1n) is 8.11. The average Bonchev–Trinajstić information content (AvgIpc) is 3.27. The molecule has 1 saturated heterocycles. The van der Waals surface area contributed by atoms with Crippen LogP contribution in [0, 0.1) is 10.1 Å². The van der Waals surface area contributed by atoms with E-state index in [0.29, 0.717) is 11.3 Å². The third kappa shape index (κ3) is 5.62. The fraction of sp³-hybridized carbons (Fsp3) is 0.188. The van der Waals surface area contributed by atoms with Crippen LogP contribution in [0.25, 0.3) is 0 Å². The first-order valence-corrected chi connectivity index (χ1v) is 8.99. The second-order valence-corrected chi connectivity index (χ2v) is 6.88. The Morgan fingerprint density at radius 1 is 1.52 bits per heavy atom. The van der Waals surface area contributed by atoms with Crippen molar-refractivity contribution in [2.75, 3.05) is 0 Å². The Kier molecular flexibility index (Phi) is 6.19. The van der Waals surface area contributed by atoms with Crippen LogP contribution in [0.3, 0.4) is 0 Å². The van der Waals surface area contributed by atoms with Crippen LogP contribution < -0.4 is 10.1 Å². The van der Waals surface area contributed by atoms with Gasteiger partial charge in [0.2, 0.25) is 5.91 Å².